The lowest BCUT2D eigenvalue weighted by Gasteiger charge is -2.15. The van der Waals surface area contributed by atoms with Crippen molar-refractivity contribution in [3.63, 3.8) is 0 Å². The van der Waals surface area contributed by atoms with Crippen LogP contribution in [0.5, 0.6) is 0 Å². The van der Waals surface area contributed by atoms with E-state index in [1.165, 1.54) is 24.2 Å². The number of hydrogen-bond acceptors (Lipinski definition) is 5. The second-order valence-corrected chi connectivity index (χ2v) is 8.26. The molecule has 0 aromatic carbocycles. The van der Waals surface area contributed by atoms with Crippen LogP contribution in [0, 0.1) is 5.41 Å². The Morgan fingerprint density at radius 2 is 2.00 bits per heavy atom. The Kier molecular flexibility index (Phi) is 4.93. The van der Waals surface area contributed by atoms with Crippen LogP contribution in [0.4, 0.5) is 0 Å². The lowest BCUT2D eigenvalue weighted by molar-refractivity contribution is -0.119. The molecule has 0 aliphatic rings. The summed E-state index contributed by atoms with van der Waals surface area (Å²) in [5.41, 5.74) is -0.337. The topological polar surface area (TPSA) is 90.6 Å². The predicted octanol–water partition coefficient (Wildman–Crippen LogP) is 1.63. The maximum absolute atomic E-state index is 12.7. The van der Waals surface area contributed by atoms with Gasteiger partial charge in [0, 0.05) is 25.9 Å². The number of ether oxygens (including phenoxy) is 1. The quantitative estimate of drug-likeness (QED) is 0.791. The molecule has 0 fully saturated rings. The SMILES string of the molecule is COC(=O)c1nn(C)cc1S(C)(=O)=NC(=O)CC(C)(C)C. The summed E-state index contributed by atoms with van der Waals surface area (Å²) in [6.07, 6.45) is 2.91. The third kappa shape index (κ3) is 4.66. The van der Waals surface area contributed by atoms with Gasteiger partial charge in [-0.3, -0.25) is 9.48 Å². The standard InChI is InChI=1S/C13H21N3O4S/c1-13(2,3)7-10(17)15-21(6,19)9-8-16(4)14-11(9)12(18)20-5/h8H,7H2,1-6H3. The Labute approximate surface area is 124 Å². The molecule has 0 radical (unpaired) electrons. The van der Waals surface area contributed by atoms with Crippen LogP contribution < -0.4 is 0 Å². The summed E-state index contributed by atoms with van der Waals surface area (Å²) in [4.78, 5) is 23.7. The Balaban J connectivity index is 3.28. The molecule has 1 heterocycles. The van der Waals surface area contributed by atoms with Crippen molar-refractivity contribution < 1.29 is 18.5 Å². The molecule has 21 heavy (non-hydrogen) atoms. The van der Waals surface area contributed by atoms with Crippen molar-refractivity contribution in [2.75, 3.05) is 13.4 Å². The summed E-state index contributed by atoms with van der Waals surface area (Å²) in [6.45, 7) is 5.67. The van der Waals surface area contributed by atoms with Gasteiger partial charge in [-0.25, -0.2) is 9.00 Å². The molecular weight excluding hydrogens is 294 g/mol. The number of methoxy groups -OCH3 is 1. The van der Waals surface area contributed by atoms with Crippen LogP contribution in [0.25, 0.3) is 0 Å². The van der Waals surface area contributed by atoms with Gasteiger partial charge in [0.1, 0.15) is 4.90 Å². The lowest BCUT2D eigenvalue weighted by atomic mass is 9.92. The summed E-state index contributed by atoms with van der Waals surface area (Å²) in [7, 11) is -0.261. The van der Waals surface area contributed by atoms with Crippen LogP contribution >= 0.6 is 0 Å². The number of esters is 1. The molecule has 1 aromatic heterocycles. The monoisotopic (exact) mass is 315 g/mol. The fourth-order valence-electron chi connectivity index (χ4n) is 1.71. The number of carbonyl (C=O) groups excluding carboxylic acids is 2. The van der Waals surface area contributed by atoms with E-state index in [0.717, 1.165) is 0 Å². The average molecular weight is 315 g/mol. The van der Waals surface area contributed by atoms with E-state index >= 15 is 0 Å². The molecule has 0 bridgehead atoms. The minimum Gasteiger partial charge on any atom is -0.464 e. The second kappa shape index (κ2) is 5.97. The third-order valence-electron chi connectivity index (χ3n) is 2.54. The minimum atomic E-state index is -3.06. The van der Waals surface area contributed by atoms with Gasteiger partial charge < -0.3 is 4.74 Å². The van der Waals surface area contributed by atoms with Gasteiger partial charge in [0.2, 0.25) is 0 Å². The van der Waals surface area contributed by atoms with Gasteiger partial charge in [-0.05, 0) is 5.41 Å². The minimum absolute atomic E-state index is 0.0835. The fourth-order valence-corrected chi connectivity index (χ4v) is 3.09. The molecule has 1 rings (SSSR count). The first-order valence-corrected chi connectivity index (χ1v) is 8.25. The normalized spacial score (nSPS) is 14.4. The summed E-state index contributed by atoms with van der Waals surface area (Å²) < 4.78 is 22.4. The van der Waals surface area contributed by atoms with Crippen LogP contribution in [0.2, 0.25) is 0 Å². The highest BCUT2D eigenvalue weighted by Crippen LogP contribution is 2.22. The highest BCUT2D eigenvalue weighted by molar-refractivity contribution is 7.93. The van der Waals surface area contributed by atoms with E-state index < -0.39 is 21.6 Å². The van der Waals surface area contributed by atoms with Gasteiger partial charge in [-0.2, -0.15) is 9.46 Å². The van der Waals surface area contributed by atoms with E-state index in [4.69, 9.17) is 0 Å². The zero-order valence-corrected chi connectivity index (χ0v) is 14.0. The number of hydrogen-bond donors (Lipinski definition) is 0. The van der Waals surface area contributed by atoms with Crippen molar-refractivity contribution in [1.29, 1.82) is 0 Å². The van der Waals surface area contributed by atoms with Crippen LogP contribution in [0.15, 0.2) is 15.5 Å². The summed E-state index contributed by atoms with van der Waals surface area (Å²) >= 11 is 0. The number of rotatable bonds is 3. The Morgan fingerprint density at radius 1 is 1.43 bits per heavy atom. The van der Waals surface area contributed by atoms with Crippen molar-refractivity contribution >= 4 is 21.6 Å². The molecule has 0 aliphatic heterocycles. The van der Waals surface area contributed by atoms with Crippen LogP contribution in [-0.4, -0.2) is 39.2 Å². The second-order valence-electron chi connectivity index (χ2n) is 6.03. The van der Waals surface area contributed by atoms with E-state index in [2.05, 4.69) is 14.2 Å². The summed E-state index contributed by atoms with van der Waals surface area (Å²) in [6, 6.07) is 0. The third-order valence-corrected chi connectivity index (χ3v) is 4.21. The highest BCUT2D eigenvalue weighted by atomic mass is 32.2. The van der Waals surface area contributed by atoms with Gasteiger partial charge in [0.15, 0.2) is 5.69 Å². The molecule has 0 aliphatic carbocycles. The molecule has 7 nitrogen and oxygen atoms in total. The van der Waals surface area contributed by atoms with E-state index in [0.29, 0.717) is 0 Å². The summed E-state index contributed by atoms with van der Waals surface area (Å²) in [5, 5.41) is 3.92. The number of aromatic nitrogens is 2. The van der Waals surface area contributed by atoms with Gasteiger partial charge in [0.25, 0.3) is 5.91 Å². The number of amides is 1. The Hall–Kier alpha value is -1.70. The zero-order valence-electron chi connectivity index (χ0n) is 13.2. The molecule has 1 aromatic rings. The van der Waals surface area contributed by atoms with Gasteiger partial charge in [0.05, 0.1) is 16.8 Å². The van der Waals surface area contributed by atoms with Crippen molar-refractivity contribution in [2.24, 2.45) is 16.8 Å². The molecular formula is C13H21N3O4S. The zero-order chi connectivity index (χ0) is 16.4. The predicted molar refractivity (Wildman–Crippen MR) is 78.4 cm³/mol. The smallest absolute Gasteiger partial charge is 0.359 e. The molecule has 0 N–H and O–H groups in total. The van der Waals surface area contributed by atoms with Gasteiger partial charge in [-0.1, -0.05) is 20.8 Å². The van der Waals surface area contributed by atoms with E-state index in [1.807, 2.05) is 20.8 Å². The fraction of sp³-hybridized carbons (Fsp3) is 0.615. The first-order chi connectivity index (χ1) is 9.46. The van der Waals surface area contributed by atoms with Crippen molar-refractivity contribution in [3.05, 3.63) is 11.9 Å². The largest absolute Gasteiger partial charge is 0.464 e. The lowest BCUT2D eigenvalue weighted by Crippen LogP contribution is -2.14. The Bertz CT molecular complexity index is 676. The molecule has 1 amide bonds. The van der Waals surface area contributed by atoms with Crippen LogP contribution in [-0.2, 0) is 26.3 Å². The maximum Gasteiger partial charge on any atom is 0.359 e. The number of carbonyl (C=O) groups is 2. The van der Waals surface area contributed by atoms with Crippen LogP contribution in [0.3, 0.4) is 0 Å². The molecule has 1 atom stereocenters. The van der Waals surface area contributed by atoms with E-state index in [9.17, 15) is 13.8 Å². The van der Waals surface area contributed by atoms with Crippen molar-refractivity contribution in [3.8, 4) is 0 Å². The maximum atomic E-state index is 12.7. The van der Waals surface area contributed by atoms with Gasteiger partial charge in [-0.15, -0.1) is 0 Å². The van der Waals surface area contributed by atoms with E-state index in [1.54, 1.807) is 7.05 Å². The average Bonchev–Trinajstić information content (AvgIpc) is 2.67. The molecule has 0 spiro atoms. The highest BCUT2D eigenvalue weighted by Gasteiger charge is 2.24. The number of aryl methyl sites for hydroxylation is 1. The van der Waals surface area contributed by atoms with Crippen molar-refractivity contribution in [1.82, 2.24) is 9.78 Å². The van der Waals surface area contributed by atoms with Crippen molar-refractivity contribution in [2.45, 2.75) is 32.1 Å². The molecule has 118 valence electrons. The first-order valence-electron chi connectivity index (χ1n) is 6.33. The molecule has 1 unspecified atom stereocenters. The molecule has 0 saturated carbocycles. The van der Waals surface area contributed by atoms with Gasteiger partial charge >= 0.3 is 5.97 Å². The molecule has 8 heteroatoms. The first kappa shape index (κ1) is 17.4. The van der Waals surface area contributed by atoms with E-state index in [-0.39, 0.29) is 22.4 Å². The Morgan fingerprint density at radius 3 is 2.48 bits per heavy atom. The summed E-state index contributed by atoms with van der Waals surface area (Å²) in [5.74, 6) is -1.17. The number of nitrogens with zero attached hydrogens (tertiary/aromatic N) is 3. The molecule has 0 saturated heterocycles. The van der Waals surface area contributed by atoms with Crippen LogP contribution in [0.1, 0.15) is 37.7 Å².